The van der Waals surface area contributed by atoms with Crippen LogP contribution in [0.15, 0.2) is 23.6 Å². The van der Waals surface area contributed by atoms with Crippen molar-refractivity contribution in [2.24, 2.45) is 5.73 Å². The van der Waals surface area contributed by atoms with Gasteiger partial charge in [-0.15, -0.1) is 11.3 Å². The topological polar surface area (TPSA) is 38.9 Å². The lowest BCUT2D eigenvalue weighted by Crippen LogP contribution is -2.28. The van der Waals surface area contributed by atoms with Crippen LogP contribution in [0.25, 0.3) is 10.6 Å². The molecule has 2 N–H and O–H groups in total. The van der Waals surface area contributed by atoms with Crippen molar-refractivity contribution >= 4 is 11.3 Å². The summed E-state index contributed by atoms with van der Waals surface area (Å²) in [7, 11) is 0. The number of hydrogen-bond donors (Lipinski definition) is 1. The van der Waals surface area contributed by atoms with Gasteiger partial charge in [-0.05, 0) is 32.0 Å². The molecule has 0 unspecified atom stereocenters. The largest absolute Gasteiger partial charge is 0.321 e. The Kier molecular flexibility index (Phi) is 2.97. The second kappa shape index (κ2) is 4.16. The van der Waals surface area contributed by atoms with E-state index in [-0.39, 0.29) is 0 Å². The van der Waals surface area contributed by atoms with Crippen LogP contribution in [0, 0.1) is 11.6 Å². The summed E-state index contributed by atoms with van der Waals surface area (Å²) in [6.07, 6.45) is 0. The molecule has 0 aliphatic carbocycles. The number of aromatic nitrogens is 1. The lowest BCUT2D eigenvalue weighted by molar-refractivity contribution is 0.509. The molecule has 0 fully saturated rings. The molecule has 0 saturated carbocycles. The van der Waals surface area contributed by atoms with Gasteiger partial charge in [0.15, 0.2) is 11.6 Å². The molecule has 1 aromatic heterocycles. The molecule has 2 nitrogen and oxygen atoms in total. The number of hydrogen-bond acceptors (Lipinski definition) is 3. The first-order valence-electron chi connectivity index (χ1n) is 5.08. The van der Waals surface area contributed by atoms with Gasteiger partial charge in [-0.2, -0.15) is 0 Å². The van der Waals surface area contributed by atoms with Gasteiger partial charge in [0.25, 0.3) is 0 Å². The van der Waals surface area contributed by atoms with E-state index in [9.17, 15) is 8.78 Å². The van der Waals surface area contributed by atoms with Crippen LogP contribution in [-0.2, 0) is 5.54 Å². The Morgan fingerprint density at radius 1 is 1.24 bits per heavy atom. The Bertz CT molecular complexity index is 544. The minimum Gasteiger partial charge on any atom is -0.321 e. The van der Waals surface area contributed by atoms with E-state index in [1.54, 1.807) is 0 Å². The molecule has 5 heteroatoms. The van der Waals surface area contributed by atoms with E-state index < -0.39 is 17.2 Å². The van der Waals surface area contributed by atoms with Gasteiger partial charge >= 0.3 is 0 Å². The minimum atomic E-state index is -0.869. The number of nitrogens with zero attached hydrogens (tertiary/aromatic N) is 1. The third-order valence-electron chi connectivity index (χ3n) is 2.33. The summed E-state index contributed by atoms with van der Waals surface area (Å²) in [5.74, 6) is -1.73. The highest BCUT2D eigenvalue weighted by Crippen LogP contribution is 2.28. The van der Waals surface area contributed by atoms with Crippen LogP contribution in [0.3, 0.4) is 0 Å². The van der Waals surface area contributed by atoms with Crippen molar-refractivity contribution < 1.29 is 8.78 Å². The highest BCUT2D eigenvalue weighted by Gasteiger charge is 2.18. The number of thiazole rings is 1. The van der Waals surface area contributed by atoms with Crippen molar-refractivity contribution in [2.45, 2.75) is 19.4 Å². The molecule has 2 rings (SSSR count). The Balaban J connectivity index is 2.40. The summed E-state index contributed by atoms with van der Waals surface area (Å²) in [6.45, 7) is 3.69. The van der Waals surface area contributed by atoms with Crippen molar-refractivity contribution in [3.05, 3.63) is 40.9 Å². The van der Waals surface area contributed by atoms with Gasteiger partial charge in [0.2, 0.25) is 0 Å². The van der Waals surface area contributed by atoms with Crippen LogP contribution in [0.2, 0.25) is 0 Å². The molecule has 0 saturated heterocycles. The first-order valence-corrected chi connectivity index (χ1v) is 5.96. The number of benzene rings is 1. The predicted molar refractivity (Wildman–Crippen MR) is 64.7 cm³/mol. The summed E-state index contributed by atoms with van der Waals surface area (Å²) in [5.41, 5.74) is 6.68. The normalized spacial score (nSPS) is 11.8. The summed E-state index contributed by atoms with van der Waals surface area (Å²) >= 11 is 1.36. The maximum Gasteiger partial charge on any atom is 0.159 e. The van der Waals surface area contributed by atoms with Crippen molar-refractivity contribution in [1.82, 2.24) is 4.98 Å². The van der Waals surface area contributed by atoms with Crippen LogP contribution in [0.5, 0.6) is 0 Å². The SMILES string of the molecule is CC(C)(N)c1csc(-c2ccc(F)c(F)c2)n1. The van der Waals surface area contributed by atoms with E-state index in [4.69, 9.17) is 5.73 Å². The summed E-state index contributed by atoms with van der Waals surface area (Å²) in [4.78, 5) is 4.33. The van der Waals surface area contributed by atoms with Gasteiger partial charge in [0, 0.05) is 10.9 Å². The molecule has 0 radical (unpaired) electrons. The standard InChI is InChI=1S/C12H12F2N2S/c1-12(2,15)10-6-17-11(16-10)7-3-4-8(13)9(14)5-7/h3-6H,15H2,1-2H3. The van der Waals surface area contributed by atoms with Crippen molar-refractivity contribution in [1.29, 1.82) is 0 Å². The van der Waals surface area contributed by atoms with Gasteiger partial charge in [-0.3, -0.25) is 0 Å². The third-order valence-corrected chi connectivity index (χ3v) is 3.22. The van der Waals surface area contributed by atoms with E-state index in [2.05, 4.69) is 4.98 Å². The second-order valence-electron chi connectivity index (χ2n) is 4.39. The van der Waals surface area contributed by atoms with E-state index >= 15 is 0 Å². The van der Waals surface area contributed by atoms with E-state index in [0.717, 1.165) is 17.8 Å². The quantitative estimate of drug-likeness (QED) is 0.893. The summed E-state index contributed by atoms with van der Waals surface area (Å²) in [5, 5.41) is 2.47. The molecule has 1 heterocycles. The van der Waals surface area contributed by atoms with Gasteiger partial charge in [-0.1, -0.05) is 0 Å². The Morgan fingerprint density at radius 2 is 1.94 bits per heavy atom. The fraction of sp³-hybridized carbons (Fsp3) is 0.250. The Labute approximate surface area is 102 Å². The van der Waals surface area contributed by atoms with Crippen LogP contribution in [-0.4, -0.2) is 4.98 Å². The number of nitrogens with two attached hydrogens (primary N) is 1. The molecule has 2 aromatic rings. The van der Waals surface area contributed by atoms with Gasteiger partial charge in [0.05, 0.1) is 11.2 Å². The maximum absolute atomic E-state index is 13.1. The zero-order valence-electron chi connectivity index (χ0n) is 9.50. The van der Waals surface area contributed by atoms with E-state index in [0.29, 0.717) is 10.6 Å². The van der Waals surface area contributed by atoms with Crippen molar-refractivity contribution in [2.75, 3.05) is 0 Å². The molecule has 17 heavy (non-hydrogen) atoms. The first-order chi connectivity index (χ1) is 7.88. The molecule has 90 valence electrons. The van der Waals surface area contributed by atoms with Crippen molar-refractivity contribution in [3.8, 4) is 10.6 Å². The molecule has 0 atom stereocenters. The molecule has 0 bridgehead atoms. The molecule has 1 aromatic carbocycles. The fourth-order valence-corrected chi connectivity index (χ4v) is 2.33. The van der Waals surface area contributed by atoms with Crippen LogP contribution < -0.4 is 5.73 Å². The maximum atomic E-state index is 13.1. The lowest BCUT2D eigenvalue weighted by Gasteiger charge is -2.14. The monoisotopic (exact) mass is 254 g/mol. The smallest absolute Gasteiger partial charge is 0.159 e. The van der Waals surface area contributed by atoms with Gasteiger partial charge in [-0.25, -0.2) is 13.8 Å². The predicted octanol–water partition coefficient (Wildman–Crippen LogP) is 3.28. The number of rotatable bonds is 2. The highest BCUT2D eigenvalue weighted by atomic mass is 32.1. The lowest BCUT2D eigenvalue weighted by atomic mass is 10.0. The van der Waals surface area contributed by atoms with Crippen molar-refractivity contribution in [3.63, 3.8) is 0 Å². The van der Waals surface area contributed by atoms with Crippen LogP contribution >= 0.6 is 11.3 Å². The summed E-state index contributed by atoms with van der Waals surface area (Å²) in [6, 6.07) is 3.74. The molecule has 0 amide bonds. The van der Waals surface area contributed by atoms with Crippen LogP contribution in [0.4, 0.5) is 8.78 Å². The van der Waals surface area contributed by atoms with E-state index in [1.165, 1.54) is 17.4 Å². The first kappa shape index (κ1) is 12.1. The van der Waals surface area contributed by atoms with Crippen LogP contribution in [0.1, 0.15) is 19.5 Å². The van der Waals surface area contributed by atoms with Gasteiger partial charge in [0.1, 0.15) is 5.01 Å². The Hall–Kier alpha value is -1.33. The third kappa shape index (κ3) is 2.50. The molecular formula is C12H12F2N2S. The fourth-order valence-electron chi connectivity index (χ4n) is 1.33. The highest BCUT2D eigenvalue weighted by molar-refractivity contribution is 7.13. The van der Waals surface area contributed by atoms with Gasteiger partial charge < -0.3 is 5.73 Å². The van der Waals surface area contributed by atoms with E-state index in [1.807, 2.05) is 19.2 Å². The Morgan fingerprint density at radius 3 is 2.47 bits per heavy atom. The minimum absolute atomic E-state index is 0.534. The molecule has 0 aliphatic rings. The average molecular weight is 254 g/mol. The number of halogens is 2. The zero-order chi connectivity index (χ0) is 12.6. The summed E-state index contributed by atoms with van der Waals surface area (Å²) < 4.78 is 25.9. The zero-order valence-corrected chi connectivity index (χ0v) is 10.3. The molecule has 0 spiro atoms. The second-order valence-corrected chi connectivity index (χ2v) is 5.25. The molecule has 0 aliphatic heterocycles. The molecular weight excluding hydrogens is 242 g/mol. The average Bonchev–Trinajstić information content (AvgIpc) is 2.70.